The largest absolute Gasteiger partial charge is 0.444 e. The van der Waals surface area contributed by atoms with Crippen LogP contribution in [0.3, 0.4) is 0 Å². The number of cyclic esters (lactones) is 1. The zero-order valence-electron chi connectivity index (χ0n) is 8.73. The van der Waals surface area contributed by atoms with Gasteiger partial charge >= 0.3 is 6.09 Å². The highest BCUT2D eigenvalue weighted by Crippen LogP contribution is 2.21. The SMILES string of the molecule is NCC1CCN(c2cccc(F)c2)C(=O)O1. The molecule has 1 aromatic carbocycles. The van der Waals surface area contributed by atoms with E-state index in [9.17, 15) is 9.18 Å². The fourth-order valence-electron chi connectivity index (χ4n) is 1.67. The van der Waals surface area contributed by atoms with E-state index in [0.29, 0.717) is 25.2 Å². The average molecular weight is 224 g/mol. The van der Waals surface area contributed by atoms with Gasteiger partial charge in [-0.15, -0.1) is 0 Å². The molecular weight excluding hydrogens is 211 g/mol. The van der Waals surface area contributed by atoms with Gasteiger partial charge in [0.25, 0.3) is 0 Å². The van der Waals surface area contributed by atoms with E-state index >= 15 is 0 Å². The molecule has 0 bridgehead atoms. The van der Waals surface area contributed by atoms with E-state index in [4.69, 9.17) is 10.5 Å². The van der Waals surface area contributed by atoms with E-state index in [1.54, 1.807) is 12.1 Å². The lowest BCUT2D eigenvalue weighted by atomic mass is 10.2. The maximum Gasteiger partial charge on any atom is 0.414 e. The van der Waals surface area contributed by atoms with Crippen molar-refractivity contribution in [1.82, 2.24) is 0 Å². The van der Waals surface area contributed by atoms with E-state index < -0.39 is 6.09 Å². The Bertz CT molecular complexity index is 397. The molecule has 0 saturated carbocycles. The number of anilines is 1. The van der Waals surface area contributed by atoms with Crippen LogP contribution < -0.4 is 10.6 Å². The monoisotopic (exact) mass is 224 g/mol. The van der Waals surface area contributed by atoms with Gasteiger partial charge in [0.05, 0.1) is 0 Å². The fraction of sp³-hybridized carbons (Fsp3) is 0.364. The summed E-state index contributed by atoms with van der Waals surface area (Å²) in [6, 6.07) is 5.88. The average Bonchev–Trinajstić information content (AvgIpc) is 2.28. The van der Waals surface area contributed by atoms with Crippen LogP contribution in [0.1, 0.15) is 6.42 Å². The number of hydrogen-bond acceptors (Lipinski definition) is 3. The van der Waals surface area contributed by atoms with Crippen molar-refractivity contribution in [1.29, 1.82) is 0 Å². The number of carbonyl (C=O) groups excluding carboxylic acids is 1. The minimum absolute atomic E-state index is 0.225. The Morgan fingerprint density at radius 2 is 2.38 bits per heavy atom. The van der Waals surface area contributed by atoms with Gasteiger partial charge in [-0.3, -0.25) is 4.90 Å². The third-order valence-corrected chi connectivity index (χ3v) is 2.55. The van der Waals surface area contributed by atoms with Crippen LogP contribution in [0.4, 0.5) is 14.9 Å². The van der Waals surface area contributed by atoms with E-state index in [0.717, 1.165) is 0 Å². The third-order valence-electron chi connectivity index (χ3n) is 2.55. The molecule has 1 saturated heterocycles. The summed E-state index contributed by atoms with van der Waals surface area (Å²) in [5.41, 5.74) is 5.93. The molecule has 5 heteroatoms. The normalized spacial score (nSPS) is 20.8. The molecule has 1 heterocycles. The topological polar surface area (TPSA) is 55.6 Å². The number of nitrogens with two attached hydrogens (primary N) is 1. The van der Waals surface area contributed by atoms with E-state index in [2.05, 4.69) is 0 Å². The van der Waals surface area contributed by atoms with Gasteiger partial charge in [0.2, 0.25) is 0 Å². The second-order valence-corrected chi connectivity index (χ2v) is 3.66. The molecule has 1 amide bonds. The maximum absolute atomic E-state index is 13.0. The Morgan fingerprint density at radius 3 is 3.00 bits per heavy atom. The number of halogens is 1. The standard InChI is InChI=1S/C11H13FN2O2/c12-8-2-1-3-9(6-8)14-5-4-10(7-13)16-11(14)15/h1-3,6,10H,4-5,7,13H2. The molecule has 0 spiro atoms. The molecule has 0 radical (unpaired) electrons. The van der Waals surface area contributed by atoms with Gasteiger partial charge in [-0.25, -0.2) is 9.18 Å². The molecule has 2 N–H and O–H groups in total. The third kappa shape index (κ3) is 2.14. The number of nitrogens with zero attached hydrogens (tertiary/aromatic N) is 1. The van der Waals surface area contributed by atoms with Gasteiger partial charge in [-0.2, -0.15) is 0 Å². The van der Waals surface area contributed by atoms with Crippen LogP contribution in [-0.2, 0) is 4.74 Å². The highest BCUT2D eigenvalue weighted by molar-refractivity contribution is 5.88. The number of rotatable bonds is 2. The van der Waals surface area contributed by atoms with Crippen LogP contribution in [0.2, 0.25) is 0 Å². The molecule has 0 aromatic heterocycles. The Morgan fingerprint density at radius 1 is 1.56 bits per heavy atom. The Kier molecular flexibility index (Phi) is 3.05. The van der Waals surface area contributed by atoms with E-state index in [-0.39, 0.29) is 11.9 Å². The summed E-state index contributed by atoms with van der Waals surface area (Å²) in [5, 5.41) is 0. The summed E-state index contributed by atoms with van der Waals surface area (Å²) >= 11 is 0. The van der Waals surface area contributed by atoms with Gasteiger partial charge in [-0.1, -0.05) is 6.07 Å². The van der Waals surface area contributed by atoms with Crippen LogP contribution >= 0.6 is 0 Å². The zero-order chi connectivity index (χ0) is 11.5. The van der Waals surface area contributed by atoms with Crippen molar-refractivity contribution in [3.63, 3.8) is 0 Å². The van der Waals surface area contributed by atoms with Gasteiger partial charge < -0.3 is 10.5 Å². The molecule has 1 aromatic rings. The zero-order valence-corrected chi connectivity index (χ0v) is 8.73. The first-order valence-electron chi connectivity index (χ1n) is 5.14. The molecular formula is C11H13FN2O2. The Balaban J connectivity index is 2.14. The van der Waals surface area contributed by atoms with Crippen molar-refractivity contribution in [2.75, 3.05) is 18.0 Å². The summed E-state index contributed by atoms with van der Waals surface area (Å²) in [6.45, 7) is 0.826. The van der Waals surface area contributed by atoms with Crippen molar-refractivity contribution < 1.29 is 13.9 Å². The fourth-order valence-corrected chi connectivity index (χ4v) is 1.67. The van der Waals surface area contributed by atoms with Crippen molar-refractivity contribution >= 4 is 11.8 Å². The maximum atomic E-state index is 13.0. The molecule has 1 fully saturated rings. The van der Waals surface area contributed by atoms with Crippen molar-refractivity contribution in [2.24, 2.45) is 5.73 Å². The lowest BCUT2D eigenvalue weighted by Gasteiger charge is -2.31. The van der Waals surface area contributed by atoms with Gasteiger partial charge in [-0.05, 0) is 18.2 Å². The summed E-state index contributed by atoms with van der Waals surface area (Å²) < 4.78 is 18.1. The van der Waals surface area contributed by atoms with Crippen LogP contribution in [0.5, 0.6) is 0 Å². The smallest absolute Gasteiger partial charge is 0.414 e. The number of benzene rings is 1. The first-order valence-corrected chi connectivity index (χ1v) is 5.14. The number of hydrogen-bond donors (Lipinski definition) is 1. The minimum atomic E-state index is -0.465. The Hall–Kier alpha value is -1.62. The molecule has 16 heavy (non-hydrogen) atoms. The van der Waals surface area contributed by atoms with Crippen LogP contribution in [0.25, 0.3) is 0 Å². The molecule has 86 valence electrons. The first-order chi connectivity index (χ1) is 7.70. The molecule has 0 aliphatic carbocycles. The minimum Gasteiger partial charge on any atom is -0.444 e. The Labute approximate surface area is 92.8 Å². The molecule has 2 rings (SSSR count). The predicted molar refractivity (Wildman–Crippen MR) is 57.7 cm³/mol. The highest BCUT2D eigenvalue weighted by atomic mass is 19.1. The van der Waals surface area contributed by atoms with Crippen molar-refractivity contribution in [3.8, 4) is 0 Å². The number of carbonyl (C=O) groups is 1. The van der Waals surface area contributed by atoms with E-state index in [1.165, 1.54) is 17.0 Å². The van der Waals surface area contributed by atoms with Crippen LogP contribution in [0, 0.1) is 5.82 Å². The molecule has 1 aliphatic heterocycles. The number of ether oxygens (including phenoxy) is 1. The quantitative estimate of drug-likeness (QED) is 0.828. The molecule has 1 atom stereocenters. The molecule has 4 nitrogen and oxygen atoms in total. The first kappa shape index (κ1) is 10.9. The van der Waals surface area contributed by atoms with Crippen LogP contribution in [0.15, 0.2) is 24.3 Å². The number of amides is 1. The van der Waals surface area contributed by atoms with Crippen molar-refractivity contribution in [3.05, 3.63) is 30.1 Å². The van der Waals surface area contributed by atoms with E-state index in [1.807, 2.05) is 0 Å². The highest BCUT2D eigenvalue weighted by Gasteiger charge is 2.27. The van der Waals surface area contributed by atoms with Gasteiger partial charge in [0, 0.05) is 25.2 Å². The lowest BCUT2D eigenvalue weighted by Crippen LogP contribution is -2.44. The summed E-state index contributed by atoms with van der Waals surface area (Å²) in [4.78, 5) is 13.0. The van der Waals surface area contributed by atoms with Gasteiger partial charge in [0.1, 0.15) is 11.9 Å². The second-order valence-electron chi connectivity index (χ2n) is 3.66. The summed E-state index contributed by atoms with van der Waals surface area (Å²) in [6.07, 6.45) is -0.0247. The summed E-state index contributed by atoms with van der Waals surface area (Å²) in [7, 11) is 0. The van der Waals surface area contributed by atoms with Crippen LogP contribution in [-0.4, -0.2) is 25.3 Å². The summed E-state index contributed by atoms with van der Waals surface area (Å²) in [5.74, 6) is -0.369. The van der Waals surface area contributed by atoms with Crippen molar-refractivity contribution in [2.45, 2.75) is 12.5 Å². The van der Waals surface area contributed by atoms with Gasteiger partial charge in [0.15, 0.2) is 0 Å². The molecule has 1 unspecified atom stereocenters. The lowest BCUT2D eigenvalue weighted by molar-refractivity contribution is 0.0887. The predicted octanol–water partition coefficient (Wildman–Crippen LogP) is 1.50. The second kappa shape index (κ2) is 4.49. The molecule has 1 aliphatic rings.